The highest BCUT2D eigenvalue weighted by molar-refractivity contribution is 7.90. The van der Waals surface area contributed by atoms with Crippen LogP contribution in [0.25, 0.3) is 0 Å². The van der Waals surface area contributed by atoms with Crippen LogP contribution in [-0.4, -0.2) is 71.3 Å². The summed E-state index contributed by atoms with van der Waals surface area (Å²) < 4.78 is 27.3. The number of hydrogen-bond acceptors (Lipinski definition) is 5. The van der Waals surface area contributed by atoms with Gasteiger partial charge in [0.1, 0.15) is 9.84 Å². The Kier molecular flexibility index (Phi) is 7.90. The van der Waals surface area contributed by atoms with Crippen molar-refractivity contribution in [3.8, 4) is 0 Å². The zero-order valence-corrected chi connectivity index (χ0v) is 13.0. The summed E-state index contributed by atoms with van der Waals surface area (Å²) in [5.41, 5.74) is 0. The minimum Gasteiger partial charge on any atom is -0.383 e. The second-order valence-electron chi connectivity index (χ2n) is 5.37. The predicted molar refractivity (Wildman–Crippen MR) is 78.3 cm³/mol. The van der Waals surface area contributed by atoms with E-state index in [1.807, 2.05) is 0 Å². The van der Waals surface area contributed by atoms with Crippen LogP contribution >= 0.6 is 0 Å². The molecule has 0 radical (unpaired) electrons. The van der Waals surface area contributed by atoms with Gasteiger partial charge >= 0.3 is 0 Å². The molecule has 0 amide bonds. The Hall–Kier alpha value is -0.170. The molecule has 0 bridgehead atoms. The summed E-state index contributed by atoms with van der Waals surface area (Å²) in [6.45, 7) is 4.58. The van der Waals surface area contributed by atoms with Gasteiger partial charge in [-0.05, 0) is 32.4 Å². The zero-order valence-electron chi connectivity index (χ0n) is 12.2. The Bertz CT molecular complexity index is 333. The van der Waals surface area contributed by atoms with Crippen molar-refractivity contribution in [1.82, 2.24) is 10.2 Å². The minimum absolute atomic E-state index is 0.299. The Labute approximate surface area is 117 Å². The first kappa shape index (κ1) is 16.9. The molecule has 1 fully saturated rings. The molecule has 1 rings (SSSR count). The van der Waals surface area contributed by atoms with Gasteiger partial charge in [-0.15, -0.1) is 0 Å². The summed E-state index contributed by atoms with van der Waals surface area (Å²) >= 11 is 0. The standard InChI is InChI=1S/C13H28N2O3S/c1-18-10-7-14-12-13-6-3-4-8-15(13)9-5-11-19(2,16)17/h13-14H,3-12H2,1-2H3. The third-order valence-electron chi connectivity index (χ3n) is 3.57. The average molecular weight is 292 g/mol. The van der Waals surface area contributed by atoms with Gasteiger partial charge in [0.15, 0.2) is 0 Å². The first-order valence-electron chi connectivity index (χ1n) is 7.14. The van der Waals surface area contributed by atoms with E-state index in [-0.39, 0.29) is 0 Å². The molecule has 1 unspecified atom stereocenters. The SMILES string of the molecule is COCCNCC1CCCCN1CCCS(C)(=O)=O. The van der Waals surface area contributed by atoms with E-state index in [0.717, 1.165) is 39.2 Å². The summed E-state index contributed by atoms with van der Waals surface area (Å²) in [6.07, 6.45) is 5.77. The topological polar surface area (TPSA) is 58.6 Å². The maximum absolute atomic E-state index is 11.2. The number of likely N-dealkylation sites (tertiary alicyclic amines) is 1. The number of sulfone groups is 1. The number of nitrogens with one attached hydrogen (secondary N) is 1. The Morgan fingerprint density at radius 2 is 2.16 bits per heavy atom. The van der Waals surface area contributed by atoms with Gasteiger partial charge in [-0.25, -0.2) is 8.42 Å². The van der Waals surface area contributed by atoms with Crippen molar-refractivity contribution in [2.45, 2.75) is 31.7 Å². The fourth-order valence-corrected chi connectivity index (χ4v) is 3.21. The molecular weight excluding hydrogens is 264 g/mol. The maximum Gasteiger partial charge on any atom is 0.147 e. The lowest BCUT2D eigenvalue weighted by molar-refractivity contribution is 0.140. The zero-order chi connectivity index (χ0) is 14.1. The number of piperidine rings is 1. The lowest BCUT2D eigenvalue weighted by Gasteiger charge is -2.36. The molecule has 5 nitrogen and oxygen atoms in total. The van der Waals surface area contributed by atoms with Crippen LogP contribution in [-0.2, 0) is 14.6 Å². The molecule has 114 valence electrons. The quantitative estimate of drug-likeness (QED) is 0.628. The maximum atomic E-state index is 11.2. The van der Waals surface area contributed by atoms with Crippen LogP contribution in [0.4, 0.5) is 0 Å². The van der Waals surface area contributed by atoms with Gasteiger partial charge in [0, 0.05) is 32.5 Å². The second kappa shape index (κ2) is 8.89. The van der Waals surface area contributed by atoms with Crippen molar-refractivity contribution >= 4 is 9.84 Å². The molecule has 0 spiro atoms. The molecule has 1 heterocycles. The highest BCUT2D eigenvalue weighted by Gasteiger charge is 2.21. The van der Waals surface area contributed by atoms with Crippen LogP contribution in [0.3, 0.4) is 0 Å². The molecule has 1 aliphatic rings. The molecule has 1 aliphatic heterocycles. The summed E-state index contributed by atoms with van der Waals surface area (Å²) in [5, 5.41) is 3.41. The van der Waals surface area contributed by atoms with E-state index in [1.54, 1.807) is 7.11 Å². The first-order chi connectivity index (χ1) is 9.03. The highest BCUT2D eigenvalue weighted by atomic mass is 32.2. The number of methoxy groups -OCH3 is 1. The summed E-state index contributed by atoms with van der Waals surface area (Å²) in [6, 6.07) is 0.546. The molecule has 0 aromatic carbocycles. The van der Waals surface area contributed by atoms with E-state index in [9.17, 15) is 8.42 Å². The molecule has 1 saturated heterocycles. The van der Waals surface area contributed by atoms with Crippen molar-refractivity contribution < 1.29 is 13.2 Å². The number of hydrogen-bond donors (Lipinski definition) is 1. The summed E-state index contributed by atoms with van der Waals surface area (Å²) in [5.74, 6) is 0.299. The fraction of sp³-hybridized carbons (Fsp3) is 1.00. The average Bonchev–Trinajstić information content (AvgIpc) is 2.35. The minimum atomic E-state index is -2.83. The predicted octanol–water partition coefficient (Wildman–Crippen LogP) is 0.512. The number of ether oxygens (including phenoxy) is 1. The van der Waals surface area contributed by atoms with Gasteiger partial charge in [0.2, 0.25) is 0 Å². The third kappa shape index (κ3) is 7.87. The van der Waals surface area contributed by atoms with Crippen LogP contribution in [0, 0.1) is 0 Å². The van der Waals surface area contributed by atoms with E-state index in [0.29, 0.717) is 11.8 Å². The first-order valence-corrected chi connectivity index (χ1v) is 9.20. The van der Waals surface area contributed by atoms with Crippen LogP contribution in [0.2, 0.25) is 0 Å². The lowest BCUT2D eigenvalue weighted by atomic mass is 10.0. The van der Waals surface area contributed by atoms with Crippen molar-refractivity contribution in [3.63, 3.8) is 0 Å². The molecule has 0 aromatic rings. The fourth-order valence-electron chi connectivity index (χ4n) is 2.56. The molecule has 1 N–H and O–H groups in total. The Morgan fingerprint density at radius 3 is 2.84 bits per heavy atom. The largest absolute Gasteiger partial charge is 0.383 e. The number of nitrogens with zero attached hydrogens (tertiary/aromatic N) is 1. The Morgan fingerprint density at radius 1 is 1.37 bits per heavy atom. The van der Waals surface area contributed by atoms with Gasteiger partial charge in [-0.3, -0.25) is 4.90 Å². The third-order valence-corrected chi connectivity index (χ3v) is 4.60. The summed E-state index contributed by atoms with van der Waals surface area (Å²) in [7, 11) is -1.12. The molecule has 0 saturated carbocycles. The smallest absolute Gasteiger partial charge is 0.147 e. The highest BCUT2D eigenvalue weighted by Crippen LogP contribution is 2.16. The van der Waals surface area contributed by atoms with Crippen LogP contribution in [0.15, 0.2) is 0 Å². The monoisotopic (exact) mass is 292 g/mol. The van der Waals surface area contributed by atoms with Crippen LogP contribution in [0.5, 0.6) is 0 Å². The van der Waals surface area contributed by atoms with E-state index >= 15 is 0 Å². The van der Waals surface area contributed by atoms with Gasteiger partial charge in [0.05, 0.1) is 12.4 Å². The van der Waals surface area contributed by atoms with E-state index in [4.69, 9.17) is 4.74 Å². The van der Waals surface area contributed by atoms with Gasteiger partial charge in [-0.1, -0.05) is 6.42 Å². The molecular formula is C13H28N2O3S. The second-order valence-corrected chi connectivity index (χ2v) is 7.63. The normalized spacial score (nSPS) is 21.7. The van der Waals surface area contributed by atoms with E-state index in [2.05, 4.69) is 10.2 Å². The van der Waals surface area contributed by atoms with Crippen molar-refractivity contribution in [3.05, 3.63) is 0 Å². The van der Waals surface area contributed by atoms with Crippen LogP contribution < -0.4 is 5.32 Å². The molecule has 6 heteroatoms. The van der Waals surface area contributed by atoms with Gasteiger partial charge in [-0.2, -0.15) is 0 Å². The van der Waals surface area contributed by atoms with Crippen molar-refractivity contribution in [2.24, 2.45) is 0 Å². The van der Waals surface area contributed by atoms with Crippen LogP contribution in [0.1, 0.15) is 25.7 Å². The number of rotatable bonds is 9. The van der Waals surface area contributed by atoms with E-state index in [1.165, 1.54) is 25.5 Å². The van der Waals surface area contributed by atoms with Gasteiger partial charge < -0.3 is 10.1 Å². The molecule has 1 atom stereocenters. The molecule has 0 aliphatic carbocycles. The van der Waals surface area contributed by atoms with Crippen molar-refractivity contribution in [1.29, 1.82) is 0 Å². The van der Waals surface area contributed by atoms with Gasteiger partial charge in [0.25, 0.3) is 0 Å². The molecule has 19 heavy (non-hydrogen) atoms. The summed E-state index contributed by atoms with van der Waals surface area (Å²) in [4.78, 5) is 2.44. The molecule has 0 aromatic heterocycles. The Balaban J connectivity index is 2.27. The van der Waals surface area contributed by atoms with Crippen molar-refractivity contribution in [2.75, 3.05) is 51.9 Å². The van der Waals surface area contributed by atoms with E-state index < -0.39 is 9.84 Å². The lowest BCUT2D eigenvalue weighted by Crippen LogP contribution is -2.46.